The zero-order chi connectivity index (χ0) is 20.4. The van der Waals surface area contributed by atoms with E-state index in [9.17, 15) is 23.6 Å². The van der Waals surface area contributed by atoms with E-state index in [4.69, 9.17) is 16.3 Å². The molecule has 2 rings (SSSR count). The van der Waals surface area contributed by atoms with Gasteiger partial charge in [-0.05, 0) is 38.5 Å². The number of anilines is 1. The third-order valence-corrected chi connectivity index (χ3v) is 4.44. The van der Waals surface area contributed by atoms with E-state index < -0.39 is 47.8 Å². The first-order valence-electron chi connectivity index (χ1n) is 8.17. The van der Waals surface area contributed by atoms with E-state index in [0.29, 0.717) is 6.42 Å². The van der Waals surface area contributed by atoms with Crippen molar-refractivity contribution in [3.63, 3.8) is 0 Å². The van der Waals surface area contributed by atoms with Gasteiger partial charge in [-0.3, -0.25) is 19.3 Å². The Morgan fingerprint density at radius 1 is 1.41 bits per heavy atom. The summed E-state index contributed by atoms with van der Waals surface area (Å²) in [5, 5.41) is 4.93. The number of carbonyl (C=O) groups excluding carboxylic acids is 4. The lowest BCUT2D eigenvalue weighted by molar-refractivity contribution is -0.155. The Balaban J connectivity index is 1.94. The summed E-state index contributed by atoms with van der Waals surface area (Å²) < 4.78 is 18.6. The maximum atomic E-state index is 13.7. The van der Waals surface area contributed by atoms with Crippen LogP contribution in [0.4, 0.5) is 14.9 Å². The van der Waals surface area contributed by atoms with Crippen LogP contribution in [0.25, 0.3) is 0 Å². The molecule has 1 heterocycles. The number of urea groups is 1. The maximum absolute atomic E-state index is 13.7. The van der Waals surface area contributed by atoms with Crippen LogP contribution >= 0.6 is 11.6 Å². The first kappa shape index (κ1) is 20.6. The molecule has 0 aromatic heterocycles. The summed E-state index contributed by atoms with van der Waals surface area (Å²) >= 11 is 5.63. The Labute approximate surface area is 160 Å². The van der Waals surface area contributed by atoms with Crippen molar-refractivity contribution in [3.05, 3.63) is 29.0 Å². The molecule has 1 fully saturated rings. The minimum Gasteiger partial charge on any atom is -0.451 e. The van der Waals surface area contributed by atoms with Crippen molar-refractivity contribution in [2.24, 2.45) is 0 Å². The second-order valence-corrected chi connectivity index (χ2v) is 6.69. The number of carbonyl (C=O) groups is 4. The van der Waals surface area contributed by atoms with Crippen molar-refractivity contribution in [1.82, 2.24) is 10.2 Å². The molecule has 2 N–H and O–H groups in total. The van der Waals surface area contributed by atoms with Gasteiger partial charge in [-0.15, -0.1) is 0 Å². The first-order chi connectivity index (χ1) is 12.6. The summed E-state index contributed by atoms with van der Waals surface area (Å²) in [7, 11) is 0. The number of benzene rings is 1. The van der Waals surface area contributed by atoms with Gasteiger partial charge in [-0.25, -0.2) is 9.18 Å². The molecule has 10 heteroatoms. The predicted octanol–water partition coefficient (Wildman–Crippen LogP) is 2.07. The molecule has 0 aliphatic carbocycles. The molecule has 146 valence electrons. The maximum Gasteiger partial charge on any atom is 0.327 e. The molecule has 0 radical (unpaired) electrons. The molecule has 1 aromatic rings. The van der Waals surface area contributed by atoms with E-state index in [1.165, 1.54) is 19.1 Å². The standard InChI is InChI=1S/C17H19ClFN3O5/c1-4-17(3)15(25)22(16(26)21-17)8-13(23)27-9(2)14(24)20-12-6-5-10(18)7-11(12)19/h5-7,9H,4,8H2,1-3H3,(H,20,24)(H,21,26)/t9-,17-/m1/s1. The quantitative estimate of drug-likeness (QED) is 0.562. The molecule has 0 saturated carbocycles. The van der Waals surface area contributed by atoms with Crippen molar-refractivity contribution in [2.45, 2.75) is 38.8 Å². The number of nitrogens with one attached hydrogen (secondary N) is 2. The van der Waals surface area contributed by atoms with Crippen LogP contribution in [0.2, 0.25) is 5.02 Å². The van der Waals surface area contributed by atoms with E-state index in [1.54, 1.807) is 13.8 Å². The number of rotatable bonds is 6. The van der Waals surface area contributed by atoms with Crippen molar-refractivity contribution < 1.29 is 28.3 Å². The number of amides is 4. The van der Waals surface area contributed by atoms with E-state index in [-0.39, 0.29) is 10.7 Å². The normalized spacial score (nSPS) is 20.3. The number of nitrogens with zero attached hydrogens (tertiary/aromatic N) is 1. The summed E-state index contributed by atoms with van der Waals surface area (Å²) in [4.78, 5) is 48.9. The average molecular weight is 400 g/mol. The summed E-state index contributed by atoms with van der Waals surface area (Å²) in [6, 6.07) is 2.97. The van der Waals surface area contributed by atoms with E-state index in [0.717, 1.165) is 11.0 Å². The smallest absolute Gasteiger partial charge is 0.327 e. The monoisotopic (exact) mass is 399 g/mol. The number of hydrogen-bond acceptors (Lipinski definition) is 5. The number of esters is 1. The highest BCUT2D eigenvalue weighted by Gasteiger charge is 2.47. The molecule has 1 saturated heterocycles. The van der Waals surface area contributed by atoms with Gasteiger partial charge >= 0.3 is 12.0 Å². The summed E-state index contributed by atoms with van der Waals surface area (Å²) in [6.07, 6.45) is -0.917. The first-order valence-corrected chi connectivity index (χ1v) is 8.54. The topological polar surface area (TPSA) is 105 Å². The predicted molar refractivity (Wildman–Crippen MR) is 94.5 cm³/mol. The van der Waals surface area contributed by atoms with Gasteiger partial charge in [0.2, 0.25) is 0 Å². The lowest BCUT2D eigenvalue weighted by Gasteiger charge is -2.19. The highest BCUT2D eigenvalue weighted by molar-refractivity contribution is 6.30. The Morgan fingerprint density at radius 3 is 2.63 bits per heavy atom. The number of ether oxygens (including phenoxy) is 1. The molecule has 8 nitrogen and oxygen atoms in total. The van der Waals surface area contributed by atoms with Crippen LogP contribution in [0.15, 0.2) is 18.2 Å². The van der Waals surface area contributed by atoms with Gasteiger partial charge in [-0.1, -0.05) is 18.5 Å². The van der Waals surface area contributed by atoms with E-state index in [1.807, 2.05) is 0 Å². The van der Waals surface area contributed by atoms with Crippen LogP contribution in [0.3, 0.4) is 0 Å². The zero-order valence-electron chi connectivity index (χ0n) is 15.0. The van der Waals surface area contributed by atoms with Gasteiger partial charge in [0.15, 0.2) is 6.10 Å². The van der Waals surface area contributed by atoms with Crippen LogP contribution in [-0.4, -0.2) is 46.9 Å². The lowest BCUT2D eigenvalue weighted by atomic mass is 9.99. The van der Waals surface area contributed by atoms with Crippen molar-refractivity contribution in [2.75, 3.05) is 11.9 Å². The van der Waals surface area contributed by atoms with Gasteiger partial charge in [0.05, 0.1) is 5.69 Å². The minimum atomic E-state index is -1.27. The molecular weight excluding hydrogens is 381 g/mol. The fraction of sp³-hybridized carbons (Fsp3) is 0.412. The fourth-order valence-electron chi connectivity index (χ4n) is 2.37. The SMILES string of the molecule is CC[C@@]1(C)NC(=O)N(CC(=O)O[C@H](C)C(=O)Nc2ccc(Cl)cc2F)C1=O. The lowest BCUT2D eigenvalue weighted by Crippen LogP contribution is -2.44. The summed E-state index contributed by atoms with van der Waals surface area (Å²) in [5.41, 5.74) is -1.20. The van der Waals surface area contributed by atoms with Gasteiger partial charge in [-0.2, -0.15) is 0 Å². The zero-order valence-corrected chi connectivity index (χ0v) is 15.7. The third kappa shape index (κ3) is 4.54. The number of imide groups is 1. The summed E-state index contributed by atoms with van der Waals surface area (Å²) in [5.74, 6) is -3.02. The van der Waals surface area contributed by atoms with Gasteiger partial charge in [0.1, 0.15) is 17.9 Å². The van der Waals surface area contributed by atoms with Gasteiger partial charge in [0, 0.05) is 5.02 Å². The van der Waals surface area contributed by atoms with Crippen LogP contribution in [-0.2, 0) is 19.1 Å². The van der Waals surface area contributed by atoms with Crippen molar-refractivity contribution in [1.29, 1.82) is 0 Å². The fourth-order valence-corrected chi connectivity index (χ4v) is 2.53. The Morgan fingerprint density at radius 2 is 2.07 bits per heavy atom. The molecule has 27 heavy (non-hydrogen) atoms. The van der Waals surface area contributed by atoms with Crippen LogP contribution in [0, 0.1) is 5.82 Å². The molecule has 2 atom stereocenters. The molecule has 4 amide bonds. The molecular formula is C17H19ClFN3O5. The second-order valence-electron chi connectivity index (χ2n) is 6.25. The molecule has 1 aliphatic rings. The molecule has 1 aromatic carbocycles. The highest BCUT2D eigenvalue weighted by atomic mass is 35.5. The van der Waals surface area contributed by atoms with Gasteiger partial charge < -0.3 is 15.4 Å². The largest absolute Gasteiger partial charge is 0.451 e. The Hall–Kier alpha value is -2.68. The van der Waals surface area contributed by atoms with Gasteiger partial charge in [0.25, 0.3) is 11.8 Å². The van der Waals surface area contributed by atoms with Crippen LogP contribution < -0.4 is 10.6 Å². The van der Waals surface area contributed by atoms with Crippen LogP contribution in [0.5, 0.6) is 0 Å². The van der Waals surface area contributed by atoms with Crippen molar-refractivity contribution in [3.8, 4) is 0 Å². The molecule has 0 unspecified atom stereocenters. The Bertz CT molecular complexity index is 803. The van der Waals surface area contributed by atoms with Crippen molar-refractivity contribution >= 4 is 41.1 Å². The highest BCUT2D eigenvalue weighted by Crippen LogP contribution is 2.21. The number of halogens is 2. The average Bonchev–Trinajstić information content (AvgIpc) is 2.81. The molecule has 1 aliphatic heterocycles. The Kier molecular flexibility index (Phi) is 6.04. The summed E-state index contributed by atoms with van der Waals surface area (Å²) in [6.45, 7) is 3.92. The van der Waals surface area contributed by atoms with E-state index in [2.05, 4.69) is 10.6 Å². The van der Waals surface area contributed by atoms with E-state index >= 15 is 0 Å². The second kappa shape index (κ2) is 7.91. The number of hydrogen-bond donors (Lipinski definition) is 2. The molecule has 0 spiro atoms. The minimum absolute atomic E-state index is 0.125. The molecule has 0 bridgehead atoms. The van der Waals surface area contributed by atoms with Crippen LogP contribution in [0.1, 0.15) is 27.2 Å². The third-order valence-electron chi connectivity index (χ3n) is 4.21.